The van der Waals surface area contributed by atoms with E-state index in [9.17, 15) is 18.0 Å². The Morgan fingerprint density at radius 3 is 2.48 bits per heavy atom. The van der Waals surface area contributed by atoms with Crippen molar-refractivity contribution in [2.45, 2.75) is 39.3 Å². The van der Waals surface area contributed by atoms with Crippen LogP contribution in [0.5, 0.6) is 5.75 Å². The predicted octanol–water partition coefficient (Wildman–Crippen LogP) is 5.97. The Morgan fingerprint density at radius 1 is 1.07 bits per heavy atom. The maximum atomic E-state index is 13.0. The van der Waals surface area contributed by atoms with Crippen molar-refractivity contribution in [3.05, 3.63) is 71.1 Å². The molecule has 0 unspecified atom stereocenters. The molecule has 2 aromatic carbocycles. The molecule has 0 aliphatic heterocycles. The van der Waals surface area contributed by atoms with Gasteiger partial charge in [-0.2, -0.15) is 13.2 Å². The monoisotopic (exact) mass is 378 g/mol. The van der Waals surface area contributed by atoms with Crippen LogP contribution >= 0.6 is 0 Å². The number of carbonyl (C=O) groups excluding carboxylic acids is 1. The summed E-state index contributed by atoms with van der Waals surface area (Å²) in [5.41, 5.74) is 0.349. The molecule has 0 heterocycles. The van der Waals surface area contributed by atoms with Crippen LogP contribution in [0.1, 0.15) is 49.8 Å². The van der Waals surface area contributed by atoms with Gasteiger partial charge in [0, 0.05) is 18.0 Å². The fourth-order valence-electron chi connectivity index (χ4n) is 2.74. The fourth-order valence-corrected chi connectivity index (χ4v) is 2.74. The lowest BCUT2D eigenvalue weighted by Crippen LogP contribution is -2.28. The number of unbranched alkanes of at least 4 members (excludes halogenated alkanes) is 1. The Kier molecular flexibility index (Phi) is 7.28. The second kappa shape index (κ2) is 9.44. The molecule has 1 N–H and O–H groups in total. The standard InChI is InChI=1S/C21H23F3NO2/c1-3-5-13-25-20(26)27-19-12-7-6-11-18(19)17(4-2)15-9-8-10-16(14-15)21(22,23)24/h6-12,14H,3-5,13H2,1-2H3,(H,25,26). The molecule has 0 saturated heterocycles. The van der Waals surface area contributed by atoms with Gasteiger partial charge in [-0.05, 0) is 30.5 Å². The van der Waals surface area contributed by atoms with E-state index in [1.54, 1.807) is 30.3 Å². The van der Waals surface area contributed by atoms with Crippen molar-refractivity contribution in [1.82, 2.24) is 5.32 Å². The van der Waals surface area contributed by atoms with Gasteiger partial charge in [-0.3, -0.25) is 0 Å². The minimum absolute atomic E-state index is 0.320. The second-order valence-corrected chi connectivity index (χ2v) is 6.08. The van der Waals surface area contributed by atoms with Gasteiger partial charge in [0.1, 0.15) is 5.75 Å². The number of carbonyl (C=O) groups is 1. The van der Waals surface area contributed by atoms with Crippen molar-refractivity contribution in [2.75, 3.05) is 6.54 Å². The molecule has 145 valence electrons. The molecule has 0 fully saturated rings. The topological polar surface area (TPSA) is 38.3 Å². The highest BCUT2D eigenvalue weighted by Crippen LogP contribution is 2.36. The average Bonchev–Trinajstić information content (AvgIpc) is 2.63. The zero-order valence-electron chi connectivity index (χ0n) is 15.4. The van der Waals surface area contributed by atoms with Crippen LogP contribution in [0.4, 0.5) is 18.0 Å². The summed E-state index contributed by atoms with van der Waals surface area (Å²) in [5, 5.41) is 2.67. The molecule has 1 amide bonds. The third-order valence-corrected chi connectivity index (χ3v) is 4.11. The molecule has 0 aromatic heterocycles. The molecule has 27 heavy (non-hydrogen) atoms. The van der Waals surface area contributed by atoms with Crippen molar-refractivity contribution >= 4 is 6.09 Å². The molecule has 2 aromatic rings. The first-order chi connectivity index (χ1) is 12.9. The van der Waals surface area contributed by atoms with Crippen LogP contribution in [0.15, 0.2) is 48.5 Å². The van der Waals surface area contributed by atoms with Gasteiger partial charge in [0.2, 0.25) is 0 Å². The molecule has 0 saturated carbocycles. The lowest BCUT2D eigenvalue weighted by atomic mass is 9.87. The van der Waals surface area contributed by atoms with Gasteiger partial charge in [-0.15, -0.1) is 0 Å². The van der Waals surface area contributed by atoms with Gasteiger partial charge in [0.25, 0.3) is 0 Å². The molecular weight excluding hydrogens is 355 g/mol. The van der Waals surface area contributed by atoms with E-state index in [2.05, 4.69) is 5.32 Å². The maximum Gasteiger partial charge on any atom is 0.416 e. The summed E-state index contributed by atoms with van der Waals surface area (Å²) in [4.78, 5) is 12.0. The van der Waals surface area contributed by atoms with Gasteiger partial charge in [-0.25, -0.2) is 4.79 Å². The lowest BCUT2D eigenvalue weighted by Gasteiger charge is -2.20. The van der Waals surface area contributed by atoms with Gasteiger partial charge in [0.15, 0.2) is 0 Å². The summed E-state index contributed by atoms with van der Waals surface area (Å²) in [6.45, 7) is 4.38. The number of amides is 1. The second-order valence-electron chi connectivity index (χ2n) is 6.08. The van der Waals surface area contributed by atoms with Gasteiger partial charge in [-0.1, -0.05) is 56.7 Å². The van der Waals surface area contributed by atoms with Crippen molar-refractivity contribution in [3.8, 4) is 5.75 Å². The largest absolute Gasteiger partial charge is 0.416 e. The van der Waals surface area contributed by atoms with E-state index in [1.165, 1.54) is 6.07 Å². The molecule has 3 nitrogen and oxygen atoms in total. The number of para-hydroxylation sites is 1. The summed E-state index contributed by atoms with van der Waals surface area (Å²) in [6, 6.07) is 12.0. The molecule has 0 aliphatic carbocycles. The van der Waals surface area contributed by atoms with Crippen LogP contribution in [-0.2, 0) is 6.18 Å². The summed E-state index contributed by atoms with van der Waals surface area (Å²) in [7, 11) is 0. The van der Waals surface area contributed by atoms with Crippen LogP contribution in [0, 0.1) is 5.92 Å². The first kappa shape index (κ1) is 20.8. The SMILES string of the molecule is CCCCNC(=O)Oc1ccccc1[C](CC)c1cccc(C(F)(F)F)c1. The number of hydrogen-bond acceptors (Lipinski definition) is 2. The highest BCUT2D eigenvalue weighted by Gasteiger charge is 2.31. The Labute approximate surface area is 157 Å². The van der Waals surface area contributed by atoms with E-state index in [-0.39, 0.29) is 0 Å². The van der Waals surface area contributed by atoms with E-state index in [4.69, 9.17) is 4.74 Å². The predicted molar refractivity (Wildman–Crippen MR) is 98.6 cm³/mol. The average molecular weight is 378 g/mol. The minimum Gasteiger partial charge on any atom is -0.410 e. The van der Waals surface area contributed by atoms with Crippen LogP contribution in [-0.4, -0.2) is 12.6 Å². The van der Waals surface area contributed by atoms with E-state index in [1.807, 2.05) is 13.8 Å². The van der Waals surface area contributed by atoms with E-state index >= 15 is 0 Å². The summed E-state index contributed by atoms with van der Waals surface area (Å²) in [5.74, 6) is 0.999. The molecule has 2 rings (SSSR count). The van der Waals surface area contributed by atoms with Crippen molar-refractivity contribution in [1.29, 1.82) is 0 Å². The van der Waals surface area contributed by atoms with Crippen molar-refractivity contribution in [2.24, 2.45) is 0 Å². The third kappa shape index (κ3) is 5.74. The molecule has 0 aliphatic rings. The molecular formula is C21H23F3NO2. The zero-order chi connectivity index (χ0) is 19.9. The Hall–Kier alpha value is -2.50. The smallest absolute Gasteiger partial charge is 0.410 e. The number of halogens is 3. The normalized spacial score (nSPS) is 11.5. The number of alkyl halides is 3. The quantitative estimate of drug-likeness (QED) is 0.602. The molecule has 1 radical (unpaired) electrons. The van der Waals surface area contributed by atoms with Gasteiger partial charge < -0.3 is 10.1 Å². The third-order valence-electron chi connectivity index (χ3n) is 4.11. The van der Waals surface area contributed by atoms with E-state index < -0.39 is 17.8 Å². The Balaban J connectivity index is 2.29. The molecule has 0 atom stereocenters. The fraction of sp³-hybridized carbons (Fsp3) is 0.333. The minimum atomic E-state index is -4.41. The van der Waals surface area contributed by atoms with E-state index in [0.29, 0.717) is 35.8 Å². The number of nitrogens with one attached hydrogen (secondary N) is 1. The summed E-state index contributed by atoms with van der Waals surface area (Å²) < 4.78 is 44.5. The Morgan fingerprint density at radius 2 is 1.81 bits per heavy atom. The van der Waals surface area contributed by atoms with Crippen LogP contribution in [0.25, 0.3) is 0 Å². The number of rotatable bonds is 7. The van der Waals surface area contributed by atoms with Gasteiger partial charge in [0.05, 0.1) is 5.56 Å². The lowest BCUT2D eigenvalue weighted by molar-refractivity contribution is -0.137. The van der Waals surface area contributed by atoms with Crippen LogP contribution in [0.3, 0.4) is 0 Å². The van der Waals surface area contributed by atoms with Crippen LogP contribution in [0.2, 0.25) is 0 Å². The first-order valence-corrected chi connectivity index (χ1v) is 8.95. The summed E-state index contributed by atoms with van der Waals surface area (Å²) in [6.07, 6.45) is -2.72. The maximum absolute atomic E-state index is 13.0. The van der Waals surface area contributed by atoms with E-state index in [0.717, 1.165) is 25.0 Å². The van der Waals surface area contributed by atoms with Gasteiger partial charge >= 0.3 is 12.3 Å². The summed E-state index contributed by atoms with van der Waals surface area (Å²) >= 11 is 0. The van der Waals surface area contributed by atoms with Crippen LogP contribution < -0.4 is 10.1 Å². The molecule has 6 heteroatoms. The Bertz CT molecular complexity index is 759. The number of ether oxygens (including phenoxy) is 1. The highest BCUT2D eigenvalue weighted by molar-refractivity contribution is 5.71. The number of hydrogen-bond donors (Lipinski definition) is 1. The molecule has 0 spiro atoms. The van der Waals surface area contributed by atoms with Crippen molar-refractivity contribution < 1.29 is 22.7 Å². The molecule has 0 bridgehead atoms. The highest BCUT2D eigenvalue weighted by atomic mass is 19.4. The van der Waals surface area contributed by atoms with Crippen molar-refractivity contribution in [3.63, 3.8) is 0 Å². The first-order valence-electron chi connectivity index (χ1n) is 8.95. The number of benzene rings is 2. The zero-order valence-corrected chi connectivity index (χ0v) is 15.4.